The molecule has 0 saturated carbocycles. The predicted octanol–water partition coefficient (Wildman–Crippen LogP) is 3.16. The maximum absolute atomic E-state index is 12.5. The van der Waals surface area contributed by atoms with E-state index in [9.17, 15) is 4.39 Å². The van der Waals surface area contributed by atoms with Crippen molar-refractivity contribution >= 4 is 27.5 Å². The van der Waals surface area contributed by atoms with Gasteiger partial charge >= 0.3 is 0 Å². The second-order valence-corrected chi connectivity index (χ2v) is 2.90. The molecular formula is C7H5BrClFO. The molecule has 0 unspecified atom stereocenters. The lowest BCUT2D eigenvalue weighted by atomic mass is 10.3. The summed E-state index contributed by atoms with van der Waals surface area (Å²) in [5.74, 6) is 0.236. The van der Waals surface area contributed by atoms with Crippen molar-refractivity contribution < 1.29 is 9.13 Å². The molecule has 0 saturated heterocycles. The van der Waals surface area contributed by atoms with E-state index < -0.39 is 0 Å². The average molecular weight is 239 g/mol. The van der Waals surface area contributed by atoms with Crippen LogP contribution in [-0.2, 0) is 0 Å². The molecule has 4 heteroatoms. The number of halogens is 3. The Kier molecular flexibility index (Phi) is 3.15. The molecule has 0 aliphatic carbocycles. The molecule has 0 aliphatic heterocycles. The summed E-state index contributed by atoms with van der Waals surface area (Å²) >= 11 is 8.44. The molecular weight excluding hydrogens is 234 g/mol. The van der Waals surface area contributed by atoms with Gasteiger partial charge in [-0.15, -0.1) is 0 Å². The van der Waals surface area contributed by atoms with Crippen LogP contribution in [0.1, 0.15) is 0 Å². The monoisotopic (exact) mass is 238 g/mol. The maximum Gasteiger partial charge on any atom is 0.162 e. The van der Waals surface area contributed by atoms with Gasteiger partial charge in [-0.05, 0) is 34.1 Å². The quantitative estimate of drug-likeness (QED) is 0.720. The Balaban J connectivity index is 2.90. The third-order valence-corrected chi connectivity index (χ3v) is 1.83. The second-order valence-electron chi connectivity index (χ2n) is 1.83. The van der Waals surface area contributed by atoms with Crippen molar-refractivity contribution in [3.05, 3.63) is 28.5 Å². The van der Waals surface area contributed by atoms with Crippen LogP contribution in [0.4, 0.5) is 4.39 Å². The molecule has 60 valence electrons. The standard InChI is InChI=1S/C7H5BrClFO/c8-6-3-5(10)1-2-7(6)11-4-9/h1-3H,4H2. The van der Waals surface area contributed by atoms with Crippen molar-refractivity contribution in [3.8, 4) is 5.75 Å². The minimum atomic E-state index is -0.307. The summed E-state index contributed by atoms with van der Waals surface area (Å²) in [5.41, 5.74) is 0. The molecule has 0 amide bonds. The lowest BCUT2D eigenvalue weighted by molar-refractivity contribution is 0.384. The van der Waals surface area contributed by atoms with Gasteiger partial charge in [0.05, 0.1) is 4.47 Å². The van der Waals surface area contributed by atoms with Crippen LogP contribution in [0.5, 0.6) is 5.75 Å². The van der Waals surface area contributed by atoms with Crippen LogP contribution in [0.25, 0.3) is 0 Å². The molecule has 1 nitrogen and oxygen atoms in total. The zero-order valence-electron chi connectivity index (χ0n) is 5.48. The molecule has 0 heterocycles. The van der Waals surface area contributed by atoms with E-state index in [4.69, 9.17) is 16.3 Å². The summed E-state index contributed by atoms with van der Waals surface area (Å²) in [6, 6.07) is 4.21. The summed E-state index contributed by atoms with van der Waals surface area (Å²) in [4.78, 5) is 0. The molecule has 0 fully saturated rings. The summed E-state index contributed by atoms with van der Waals surface area (Å²) in [6.45, 7) is 0. The van der Waals surface area contributed by atoms with Crippen LogP contribution in [-0.4, -0.2) is 6.07 Å². The zero-order valence-corrected chi connectivity index (χ0v) is 7.82. The Labute approximate surface area is 77.2 Å². The molecule has 0 bridgehead atoms. The molecule has 0 spiro atoms. The van der Waals surface area contributed by atoms with E-state index in [1.165, 1.54) is 18.2 Å². The van der Waals surface area contributed by atoms with Gasteiger partial charge in [0.2, 0.25) is 0 Å². The van der Waals surface area contributed by atoms with E-state index in [1.807, 2.05) is 0 Å². The largest absolute Gasteiger partial charge is 0.477 e. The molecule has 11 heavy (non-hydrogen) atoms. The SMILES string of the molecule is Fc1ccc(OCCl)c(Br)c1. The smallest absolute Gasteiger partial charge is 0.162 e. The summed E-state index contributed by atoms with van der Waals surface area (Å²) in [6.07, 6.45) is 0. The lowest BCUT2D eigenvalue weighted by Gasteiger charge is -2.03. The second kappa shape index (κ2) is 3.93. The van der Waals surface area contributed by atoms with Gasteiger partial charge in [0, 0.05) is 0 Å². The number of ether oxygens (including phenoxy) is 1. The van der Waals surface area contributed by atoms with Crippen LogP contribution in [0.2, 0.25) is 0 Å². The number of rotatable bonds is 2. The van der Waals surface area contributed by atoms with Gasteiger partial charge in [0.25, 0.3) is 0 Å². The Morgan fingerprint density at radius 2 is 2.27 bits per heavy atom. The van der Waals surface area contributed by atoms with Crippen LogP contribution >= 0.6 is 27.5 Å². The first kappa shape index (κ1) is 8.81. The Bertz CT molecular complexity index is 254. The topological polar surface area (TPSA) is 9.23 Å². The normalized spacial score (nSPS) is 9.73. The van der Waals surface area contributed by atoms with Gasteiger partial charge in [0.1, 0.15) is 11.6 Å². The first-order valence-corrected chi connectivity index (χ1v) is 4.20. The fourth-order valence-corrected chi connectivity index (χ4v) is 1.23. The predicted molar refractivity (Wildman–Crippen MR) is 45.4 cm³/mol. The van der Waals surface area contributed by atoms with Gasteiger partial charge in [0.15, 0.2) is 6.07 Å². The highest BCUT2D eigenvalue weighted by atomic mass is 79.9. The Hall–Kier alpha value is -0.280. The van der Waals surface area contributed by atoms with E-state index >= 15 is 0 Å². The third-order valence-electron chi connectivity index (χ3n) is 1.10. The number of hydrogen-bond donors (Lipinski definition) is 0. The number of alkyl halides is 1. The average Bonchev–Trinajstić information content (AvgIpc) is 1.95. The fraction of sp³-hybridized carbons (Fsp3) is 0.143. The van der Waals surface area contributed by atoms with Crippen molar-refractivity contribution in [1.29, 1.82) is 0 Å². The number of hydrogen-bond acceptors (Lipinski definition) is 1. The molecule has 0 aromatic heterocycles. The molecule has 0 radical (unpaired) electrons. The van der Waals surface area contributed by atoms with Crippen LogP contribution in [0, 0.1) is 5.82 Å². The number of benzene rings is 1. The van der Waals surface area contributed by atoms with Crippen molar-refractivity contribution in [1.82, 2.24) is 0 Å². The van der Waals surface area contributed by atoms with Gasteiger partial charge < -0.3 is 4.74 Å². The van der Waals surface area contributed by atoms with E-state index in [2.05, 4.69) is 15.9 Å². The van der Waals surface area contributed by atoms with Gasteiger partial charge in [-0.2, -0.15) is 0 Å². The summed E-state index contributed by atoms with van der Waals surface area (Å²) < 4.78 is 18.0. The first-order valence-electron chi connectivity index (χ1n) is 2.88. The molecule has 0 N–H and O–H groups in total. The third kappa shape index (κ3) is 2.34. The Morgan fingerprint density at radius 3 is 2.82 bits per heavy atom. The zero-order chi connectivity index (χ0) is 8.27. The van der Waals surface area contributed by atoms with Crippen LogP contribution in [0.15, 0.2) is 22.7 Å². The fourth-order valence-electron chi connectivity index (χ4n) is 0.651. The molecule has 0 atom stereocenters. The van der Waals surface area contributed by atoms with Gasteiger partial charge in [-0.3, -0.25) is 0 Å². The first-order chi connectivity index (χ1) is 5.24. The van der Waals surface area contributed by atoms with Crippen molar-refractivity contribution in [2.24, 2.45) is 0 Å². The molecule has 1 aromatic rings. The maximum atomic E-state index is 12.5. The highest BCUT2D eigenvalue weighted by molar-refractivity contribution is 9.10. The van der Waals surface area contributed by atoms with E-state index in [0.29, 0.717) is 10.2 Å². The minimum Gasteiger partial charge on any atom is -0.477 e. The molecule has 1 rings (SSSR count). The van der Waals surface area contributed by atoms with Crippen molar-refractivity contribution in [2.75, 3.05) is 6.07 Å². The lowest BCUT2D eigenvalue weighted by Crippen LogP contribution is -1.89. The van der Waals surface area contributed by atoms with Crippen LogP contribution in [0.3, 0.4) is 0 Å². The highest BCUT2D eigenvalue weighted by Crippen LogP contribution is 2.25. The molecule has 0 aliphatic rings. The van der Waals surface area contributed by atoms with E-state index in [-0.39, 0.29) is 11.9 Å². The van der Waals surface area contributed by atoms with Crippen molar-refractivity contribution in [2.45, 2.75) is 0 Å². The van der Waals surface area contributed by atoms with Gasteiger partial charge in [-0.25, -0.2) is 4.39 Å². The van der Waals surface area contributed by atoms with Gasteiger partial charge in [-0.1, -0.05) is 11.6 Å². The Morgan fingerprint density at radius 1 is 1.55 bits per heavy atom. The highest BCUT2D eigenvalue weighted by Gasteiger charge is 2.00. The van der Waals surface area contributed by atoms with Crippen molar-refractivity contribution in [3.63, 3.8) is 0 Å². The van der Waals surface area contributed by atoms with E-state index in [0.717, 1.165) is 0 Å². The van der Waals surface area contributed by atoms with E-state index in [1.54, 1.807) is 0 Å². The summed E-state index contributed by atoms with van der Waals surface area (Å²) in [5, 5.41) is 0. The van der Waals surface area contributed by atoms with Crippen LogP contribution < -0.4 is 4.74 Å². The summed E-state index contributed by atoms with van der Waals surface area (Å²) in [7, 11) is 0. The molecule has 1 aromatic carbocycles. The minimum absolute atomic E-state index is 0.0598.